The van der Waals surface area contributed by atoms with E-state index in [0.717, 1.165) is 0 Å². The maximum absolute atomic E-state index is 10.7. The highest BCUT2D eigenvalue weighted by molar-refractivity contribution is 4.84. The first-order valence-electron chi connectivity index (χ1n) is 8.62. The van der Waals surface area contributed by atoms with Gasteiger partial charge in [0, 0.05) is 0 Å². The first kappa shape index (κ1) is 16.7. The summed E-state index contributed by atoms with van der Waals surface area (Å²) in [4.78, 5) is 10.7. The van der Waals surface area contributed by atoms with E-state index in [2.05, 4.69) is 12.1 Å². The number of rotatable bonds is 11. The van der Waals surface area contributed by atoms with Crippen molar-refractivity contribution in [3.05, 3.63) is 4.91 Å². The Kier molecular flexibility index (Phi) is 9.11. The molecule has 0 aromatic carbocycles. The number of hydrogen-bond acceptors (Lipinski definition) is 2. The van der Waals surface area contributed by atoms with E-state index in [1.54, 1.807) is 0 Å². The van der Waals surface area contributed by atoms with Gasteiger partial charge in [-0.2, -0.15) is 4.91 Å². The number of hydrogen-bond donors (Lipinski definition) is 0. The van der Waals surface area contributed by atoms with Crippen molar-refractivity contribution in [3.63, 3.8) is 0 Å². The summed E-state index contributed by atoms with van der Waals surface area (Å²) in [6.45, 7) is 2.84. The van der Waals surface area contributed by atoms with Crippen LogP contribution in [0, 0.1) is 10.3 Å². The van der Waals surface area contributed by atoms with Crippen LogP contribution in [0.1, 0.15) is 96.8 Å². The van der Waals surface area contributed by atoms with Crippen molar-refractivity contribution in [2.24, 2.45) is 10.6 Å². The van der Waals surface area contributed by atoms with Crippen LogP contribution in [0.5, 0.6) is 0 Å². The molecule has 1 saturated carbocycles. The first-order valence-corrected chi connectivity index (χ1v) is 8.62. The highest BCUT2D eigenvalue weighted by Gasteiger charge is 2.31. The maximum Gasteiger partial charge on any atom is 0.0867 e. The van der Waals surface area contributed by atoms with Crippen molar-refractivity contribution in [3.8, 4) is 0 Å². The molecule has 1 fully saturated rings. The first-order chi connectivity index (χ1) is 9.33. The zero-order valence-electron chi connectivity index (χ0n) is 13.0. The maximum atomic E-state index is 10.7. The van der Waals surface area contributed by atoms with Crippen LogP contribution in [-0.2, 0) is 0 Å². The summed E-state index contributed by atoms with van der Waals surface area (Å²) in [6.07, 6.45) is 18.7. The summed E-state index contributed by atoms with van der Waals surface area (Å²) in [5.74, 6) is 0. The molecule has 19 heavy (non-hydrogen) atoms. The molecule has 0 aromatic heterocycles. The third-order valence-electron chi connectivity index (χ3n) is 4.87. The molecular formula is C17H33NO. The van der Waals surface area contributed by atoms with Gasteiger partial charge in [-0.15, -0.1) is 0 Å². The van der Waals surface area contributed by atoms with Crippen LogP contribution in [-0.4, -0.2) is 6.54 Å². The summed E-state index contributed by atoms with van der Waals surface area (Å²) in [5, 5.41) is 3.23. The summed E-state index contributed by atoms with van der Waals surface area (Å²) < 4.78 is 0. The van der Waals surface area contributed by atoms with E-state index < -0.39 is 0 Å². The van der Waals surface area contributed by atoms with E-state index in [1.165, 1.54) is 89.9 Å². The number of nitroso groups, excluding NO2 is 1. The normalized spacial score (nSPS) is 18.4. The Balaban J connectivity index is 2.06. The fraction of sp³-hybridized carbons (Fsp3) is 1.00. The van der Waals surface area contributed by atoms with E-state index >= 15 is 0 Å². The third kappa shape index (κ3) is 7.08. The average Bonchev–Trinajstić information content (AvgIpc) is 2.43. The molecule has 1 aliphatic rings. The lowest BCUT2D eigenvalue weighted by molar-refractivity contribution is 0.176. The fourth-order valence-corrected chi connectivity index (χ4v) is 3.56. The van der Waals surface area contributed by atoms with Gasteiger partial charge in [0.05, 0.1) is 6.54 Å². The van der Waals surface area contributed by atoms with Gasteiger partial charge in [0.25, 0.3) is 0 Å². The average molecular weight is 267 g/mol. The van der Waals surface area contributed by atoms with Crippen LogP contribution in [0.25, 0.3) is 0 Å². The van der Waals surface area contributed by atoms with Gasteiger partial charge in [0.1, 0.15) is 0 Å². The quantitative estimate of drug-likeness (QED) is 0.322. The van der Waals surface area contributed by atoms with Crippen LogP contribution >= 0.6 is 0 Å². The topological polar surface area (TPSA) is 29.4 Å². The molecule has 0 radical (unpaired) electrons. The highest BCUT2D eigenvalue weighted by Crippen LogP contribution is 2.41. The van der Waals surface area contributed by atoms with Crippen LogP contribution in [0.3, 0.4) is 0 Å². The Hall–Kier alpha value is -0.400. The van der Waals surface area contributed by atoms with Crippen molar-refractivity contribution < 1.29 is 0 Å². The van der Waals surface area contributed by atoms with Crippen LogP contribution in [0.4, 0.5) is 0 Å². The molecular weight excluding hydrogens is 234 g/mol. The smallest absolute Gasteiger partial charge is 0.0867 e. The predicted octanol–water partition coefficient (Wildman–Crippen LogP) is 6.23. The molecule has 0 bridgehead atoms. The van der Waals surface area contributed by atoms with Gasteiger partial charge in [-0.25, -0.2) is 0 Å². The van der Waals surface area contributed by atoms with E-state index in [-0.39, 0.29) is 0 Å². The van der Waals surface area contributed by atoms with Gasteiger partial charge in [-0.3, -0.25) is 0 Å². The summed E-state index contributed by atoms with van der Waals surface area (Å²) in [5.41, 5.74) is 0.294. The zero-order valence-corrected chi connectivity index (χ0v) is 13.0. The van der Waals surface area contributed by atoms with Gasteiger partial charge in [-0.1, -0.05) is 82.7 Å². The molecule has 0 atom stereocenters. The van der Waals surface area contributed by atoms with E-state index in [1.807, 2.05) is 0 Å². The third-order valence-corrected chi connectivity index (χ3v) is 4.87. The van der Waals surface area contributed by atoms with E-state index in [0.29, 0.717) is 12.0 Å². The lowest BCUT2D eigenvalue weighted by atomic mass is 9.71. The molecule has 1 aliphatic carbocycles. The van der Waals surface area contributed by atoms with Crippen LogP contribution < -0.4 is 0 Å². The highest BCUT2D eigenvalue weighted by atomic mass is 16.3. The SMILES string of the molecule is CCCCCCCCCCC1(CN=O)CCCCC1. The molecule has 0 spiro atoms. The standard InChI is InChI=1S/C17H33NO/c1-2-3-4-5-6-7-8-10-13-17(16-18-19)14-11-9-12-15-17/h2-16H2,1H3. The minimum atomic E-state index is 0.294. The molecule has 112 valence electrons. The van der Waals surface area contributed by atoms with Gasteiger partial charge in [0.2, 0.25) is 0 Å². The number of nitrogens with zero attached hydrogens (tertiary/aromatic N) is 1. The largest absolute Gasteiger partial charge is 0.151 e. The second kappa shape index (κ2) is 10.4. The van der Waals surface area contributed by atoms with Gasteiger partial charge in [-0.05, 0) is 24.7 Å². The van der Waals surface area contributed by atoms with E-state index in [9.17, 15) is 4.91 Å². The monoisotopic (exact) mass is 267 g/mol. The van der Waals surface area contributed by atoms with Crippen molar-refractivity contribution >= 4 is 0 Å². The second-order valence-electron chi connectivity index (χ2n) is 6.57. The molecule has 0 N–H and O–H groups in total. The fourth-order valence-electron chi connectivity index (χ4n) is 3.56. The minimum Gasteiger partial charge on any atom is -0.151 e. The van der Waals surface area contributed by atoms with Gasteiger partial charge < -0.3 is 0 Å². The van der Waals surface area contributed by atoms with Crippen molar-refractivity contribution in [2.75, 3.05) is 6.54 Å². The molecule has 0 heterocycles. The Morgan fingerprint density at radius 1 is 0.842 bits per heavy atom. The van der Waals surface area contributed by atoms with Crippen LogP contribution in [0.2, 0.25) is 0 Å². The molecule has 0 saturated heterocycles. The molecule has 0 aliphatic heterocycles. The van der Waals surface area contributed by atoms with Gasteiger partial charge in [0.15, 0.2) is 0 Å². The molecule has 2 nitrogen and oxygen atoms in total. The Morgan fingerprint density at radius 2 is 1.42 bits per heavy atom. The Labute approximate surface area is 119 Å². The minimum absolute atomic E-state index is 0.294. The predicted molar refractivity (Wildman–Crippen MR) is 83.4 cm³/mol. The van der Waals surface area contributed by atoms with Crippen molar-refractivity contribution in [1.29, 1.82) is 0 Å². The second-order valence-corrected chi connectivity index (χ2v) is 6.57. The Morgan fingerprint density at radius 3 is 2.00 bits per heavy atom. The Bertz CT molecular complexity index is 221. The summed E-state index contributed by atoms with van der Waals surface area (Å²) in [6, 6.07) is 0. The van der Waals surface area contributed by atoms with Crippen molar-refractivity contribution in [1.82, 2.24) is 0 Å². The lowest BCUT2D eigenvalue weighted by Crippen LogP contribution is -2.27. The molecule has 2 heteroatoms. The van der Waals surface area contributed by atoms with Gasteiger partial charge >= 0.3 is 0 Å². The summed E-state index contributed by atoms with van der Waals surface area (Å²) in [7, 11) is 0. The summed E-state index contributed by atoms with van der Waals surface area (Å²) >= 11 is 0. The number of unbranched alkanes of at least 4 members (excludes halogenated alkanes) is 7. The van der Waals surface area contributed by atoms with E-state index in [4.69, 9.17) is 0 Å². The van der Waals surface area contributed by atoms with Crippen molar-refractivity contribution in [2.45, 2.75) is 96.8 Å². The zero-order chi connectivity index (χ0) is 13.8. The molecule has 1 rings (SSSR count). The molecule has 0 aromatic rings. The lowest BCUT2D eigenvalue weighted by Gasteiger charge is -2.35. The molecule has 0 amide bonds. The molecule has 0 unspecified atom stereocenters. The van der Waals surface area contributed by atoms with Crippen LogP contribution in [0.15, 0.2) is 5.18 Å².